The Balaban J connectivity index is 1.88. The highest BCUT2D eigenvalue weighted by atomic mass is 16.5. The number of carbonyl (C=O) groups excluding carboxylic acids is 1. The quantitative estimate of drug-likeness (QED) is 0.887. The van der Waals surface area contributed by atoms with E-state index in [1.165, 1.54) is 0 Å². The zero-order valence-electron chi connectivity index (χ0n) is 13.3. The highest BCUT2D eigenvalue weighted by Gasteiger charge is 2.11. The summed E-state index contributed by atoms with van der Waals surface area (Å²) in [4.78, 5) is 15.9. The first-order valence-corrected chi connectivity index (χ1v) is 7.28. The van der Waals surface area contributed by atoms with Gasteiger partial charge in [-0.25, -0.2) is 0 Å². The molecule has 1 N–H and O–H groups in total. The van der Waals surface area contributed by atoms with Crippen molar-refractivity contribution in [3.05, 3.63) is 30.2 Å². The third-order valence-corrected chi connectivity index (χ3v) is 3.40. The fourth-order valence-electron chi connectivity index (χ4n) is 1.73. The van der Waals surface area contributed by atoms with Gasteiger partial charge in [0.25, 0.3) is 5.91 Å². The maximum atomic E-state index is 11.8. The highest BCUT2D eigenvalue weighted by Crippen LogP contribution is 2.19. The number of rotatable bonds is 6. The van der Waals surface area contributed by atoms with Gasteiger partial charge in [-0.2, -0.15) is 4.98 Å². The van der Waals surface area contributed by atoms with E-state index in [9.17, 15) is 4.79 Å². The van der Waals surface area contributed by atoms with E-state index in [-0.39, 0.29) is 18.6 Å². The number of aromatic nitrogens is 2. The zero-order chi connectivity index (χ0) is 16.1. The summed E-state index contributed by atoms with van der Waals surface area (Å²) in [6.45, 7) is 7.83. The minimum Gasteiger partial charge on any atom is -0.484 e. The first-order valence-electron chi connectivity index (χ1n) is 7.28. The number of aryl methyl sites for hydroxylation is 1. The monoisotopic (exact) mass is 303 g/mol. The van der Waals surface area contributed by atoms with Gasteiger partial charge in [-0.1, -0.05) is 19.0 Å². The molecule has 1 aromatic carbocycles. The van der Waals surface area contributed by atoms with Crippen molar-refractivity contribution >= 4 is 5.91 Å². The van der Waals surface area contributed by atoms with Crippen molar-refractivity contribution < 1.29 is 14.1 Å². The van der Waals surface area contributed by atoms with E-state index < -0.39 is 0 Å². The molecule has 0 aliphatic heterocycles. The summed E-state index contributed by atoms with van der Waals surface area (Å²) in [5, 5.41) is 6.74. The molecule has 1 unspecified atom stereocenters. The fourth-order valence-corrected chi connectivity index (χ4v) is 1.73. The minimum atomic E-state index is -0.126. The summed E-state index contributed by atoms with van der Waals surface area (Å²) in [5.41, 5.74) is 0.835. The van der Waals surface area contributed by atoms with E-state index in [0.717, 1.165) is 5.56 Å². The van der Waals surface area contributed by atoms with Crippen LogP contribution in [0.3, 0.4) is 0 Å². The summed E-state index contributed by atoms with van der Waals surface area (Å²) in [7, 11) is 0. The molecular weight excluding hydrogens is 282 g/mol. The van der Waals surface area contributed by atoms with Crippen LogP contribution in [0.15, 0.2) is 28.8 Å². The number of benzene rings is 1. The standard InChI is InChI=1S/C16H21N3O3/c1-10(2)11(3)17-15(20)9-21-14-7-5-13(6-8-14)16-18-12(4)22-19-16/h5-8,10-11H,9H2,1-4H3,(H,17,20). The first kappa shape index (κ1) is 16.0. The second-order valence-electron chi connectivity index (χ2n) is 5.55. The maximum Gasteiger partial charge on any atom is 0.258 e. The Morgan fingerprint density at radius 2 is 1.95 bits per heavy atom. The average Bonchev–Trinajstić information content (AvgIpc) is 2.92. The van der Waals surface area contributed by atoms with Gasteiger partial charge in [0.05, 0.1) is 0 Å². The van der Waals surface area contributed by atoms with Crippen LogP contribution in [-0.4, -0.2) is 28.7 Å². The van der Waals surface area contributed by atoms with Crippen molar-refractivity contribution in [1.29, 1.82) is 0 Å². The van der Waals surface area contributed by atoms with Crippen LogP contribution in [0, 0.1) is 12.8 Å². The lowest BCUT2D eigenvalue weighted by Gasteiger charge is -2.17. The Bertz CT molecular complexity index is 620. The lowest BCUT2D eigenvalue weighted by Crippen LogP contribution is -2.38. The van der Waals surface area contributed by atoms with Gasteiger partial charge < -0.3 is 14.6 Å². The molecule has 0 aliphatic carbocycles. The molecular formula is C16H21N3O3. The van der Waals surface area contributed by atoms with Gasteiger partial charge in [-0.3, -0.25) is 4.79 Å². The normalized spacial score (nSPS) is 12.2. The molecule has 6 nitrogen and oxygen atoms in total. The Labute approximate surface area is 129 Å². The molecule has 0 radical (unpaired) electrons. The number of ether oxygens (including phenoxy) is 1. The molecule has 0 bridgehead atoms. The summed E-state index contributed by atoms with van der Waals surface area (Å²) in [6.07, 6.45) is 0. The number of carbonyl (C=O) groups is 1. The average molecular weight is 303 g/mol. The smallest absolute Gasteiger partial charge is 0.258 e. The largest absolute Gasteiger partial charge is 0.484 e. The van der Waals surface area contributed by atoms with Gasteiger partial charge in [0.2, 0.25) is 11.7 Å². The molecule has 0 spiro atoms. The number of amides is 1. The Hall–Kier alpha value is -2.37. The SMILES string of the molecule is Cc1nc(-c2ccc(OCC(=O)NC(C)C(C)C)cc2)no1. The van der Waals surface area contributed by atoms with Gasteiger partial charge in [-0.05, 0) is 37.1 Å². The molecule has 0 fully saturated rings. The van der Waals surface area contributed by atoms with Crippen LogP contribution in [0.4, 0.5) is 0 Å². The zero-order valence-corrected chi connectivity index (χ0v) is 13.3. The molecule has 2 rings (SSSR count). The minimum absolute atomic E-state index is 0.00226. The summed E-state index contributed by atoms with van der Waals surface area (Å²) in [5.74, 6) is 1.94. The molecule has 1 heterocycles. The molecule has 6 heteroatoms. The fraction of sp³-hybridized carbons (Fsp3) is 0.438. The Morgan fingerprint density at radius 1 is 1.27 bits per heavy atom. The van der Waals surface area contributed by atoms with Gasteiger partial charge >= 0.3 is 0 Å². The third-order valence-electron chi connectivity index (χ3n) is 3.40. The van der Waals surface area contributed by atoms with E-state index in [1.807, 2.05) is 19.1 Å². The molecule has 0 saturated carbocycles. The van der Waals surface area contributed by atoms with Gasteiger partial charge in [0.15, 0.2) is 6.61 Å². The topological polar surface area (TPSA) is 77.2 Å². The van der Waals surface area contributed by atoms with Crippen molar-refractivity contribution in [1.82, 2.24) is 15.5 Å². The van der Waals surface area contributed by atoms with Crippen molar-refractivity contribution in [2.45, 2.75) is 33.7 Å². The first-order chi connectivity index (χ1) is 10.5. The highest BCUT2D eigenvalue weighted by molar-refractivity contribution is 5.77. The van der Waals surface area contributed by atoms with Gasteiger partial charge in [0, 0.05) is 18.5 Å². The third kappa shape index (κ3) is 4.31. The van der Waals surface area contributed by atoms with Crippen molar-refractivity contribution in [2.24, 2.45) is 5.92 Å². The van der Waals surface area contributed by atoms with Crippen LogP contribution in [0.25, 0.3) is 11.4 Å². The second-order valence-corrected chi connectivity index (χ2v) is 5.55. The van der Waals surface area contributed by atoms with Crippen LogP contribution in [0.5, 0.6) is 5.75 Å². The Kier molecular flexibility index (Phi) is 5.14. The van der Waals surface area contributed by atoms with Crippen molar-refractivity contribution in [2.75, 3.05) is 6.61 Å². The second kappa shape index (κ2) is 7.06. The summed E-state index contributed by atoms with van der Waals surface area (Å²) < 4.78 is 10.4. The molecule has 2 aromatic rings. The number of hydrogen-bond donors (Lipinski definition) is 1. The Morgan fingerprint density at radius 3 is 2.50 bits per heavy atom. The van der Waals surface area contributed by atoms with E-state index in [2.05, 4.69) is 29.3 Å². The molecule has 1 atom stereocenters. The van der Waals surface area contributed by atoms with Crippen LogP contribution < -0.4 is 10.1 Å². The van der Waals surface area contributed by atoms with Gasteiger partial charge in [0.1, 0.15) is 5.75 Å². The molecule has 1 amide bonds. The number of nitrogens with zero attached hydrogens (tertiary/aromatic N) is 2. The van der Waals surface area contributed by atoms with Crippen molar-refractivity contribution in [3.63, 3.8) is 0 Å². The lowest BCUT2D eigenvalue weighted by atomic mass is 10.1. The maximum absolute atomic E-state index is 11.8. The molecule has 0 saturated heterocycles. The molecule has 1 aromatic heterocycles. The number of hydrogen-bond acceptors (Lipinski definition) is 5. The van der Waals surface area contributed by atoms with Crippen LogP contribution >= 0.6 is 0 Å². The van der Waals surface area contributed by atoms with E-state index in [0.29, 0.717) is 23.4 Å². The van der Waals surface area contributed by atoms with Crippen LogP contribution in [0.1, 0.15) is 26.7 Å². The van der Waals surface area contributed by atoms with E-state index in [1.54, 1.807) is 19.1 Å². The lowest BCUT2D eigenvalue weighted by molar-refractivity contribution is -0.124. The number of nitrogens with one attached hydrogen (secondary N) is 1. The predicted octanol–water partition coefficient (Wildman–Crippen LogP) is 2.58. The van der Waals surface area contributed by atoms with Crippen LogP contribution in [-0.2, 0) is 4.79 Å². The summed E-state index contributed by atoms with van der Waals surface area (Å²) >= 11 is 0. The molecule has 0 aliphatic rings. The molecule has 118 valence electrons. The van der Waals surface area contributed by atoms with Crippen LogP contribution in [0.2, 0.25) is 0 Å². The van der Waals surface area contributed by atoms with Crippen molar-refractivity contribution in [3.8, 4) is 17.1 Å². The summed E-state index contributed by atoms with van der Waals surface area (Å²) in [6, 6.07) is 7.34. The van der Waals surface area contributed by atoms with Gasteiger partial charge in [-0.15, -0.1) is 0 Å². The molecule has 22 heavy (non-hydrogen) atoms. The van der Waals surface area contributed by atoms with E-state index >= 15 is 0 Å². The van der Waals surface area contributed by atoms with E-state index in [4.69, 9.17) is 9.26 Å². The predicted molar refractivity (Wildman–Crippen MR) is 82.4 cm³/mol.